The number of methoxy groups -OCH3 is 1. The van der Waals surface area contributed by atoms with E-state index >= 15 is 0 Å². The van der Waals surface area contributed by atoms with Crippen LogP contribution in [0.15, 0.2) is 24.3 Å². The zero-order chi connectivity index (χ0) is 13.5. The second-order valence-electron chi connectivity index (χ2n) is 6.15. The summed E-state index contributed by atoms with van der Waals surface area (Å²) in [6, 6.07) is 7.57. The van der Waals surface area contributed by atoms with Crippen molar-refractivity contribution < 1.29 is 14.6 Å². The molecule has 0 atom stereocenters. The summed E-state index contributed by atoms with van der Waals surface area (Å²) in [5, 5.41) is 9.75. The zero-order valence-corrected chi connectivity index (χ0v) is 11.3. The Morgan fingerprint density at radius 2 is 1.84 bits per heavy atom. The molecule has 0 aromatic heterocycles. The van der Waals surface area contributed by atoms with E-state index in [0.29, 0.717) is 11.2 Å². The molecule has 3 nitrogen and oxygen atoms in total. The number of rotatable bonds is 3. The van der Waals surface area contributed by atoms with Gasteiger partial charge < -0.3 is 9.84 Å². The number of ether oxygens (including phenoxy) is 1. The third-order valence-electron chi connectivity index (χ3n) is 5.05. The van der Waals surface area contributed by atoms with Crippen molar-refractivity contribution in [2.24, 2.45) is 5.41 Å². The highest BCUT2D eigenvalue weighted by molar-refractivity contribution is 5.84. The maximum absolute atomic E-state index is 11.9. The predicted octanol–water partition coefficient (Wildman–Crippen LogP) is 3.37. The number of carboxylic acid groups (broad SMARTS) is 1. The van der Waals surface area contributed by atoms with Crippen molar-refractivity contribution in [3.63, 3.8) is 0 Å². The Bertz CT molecular complexity index is 492. The van der Waals surface area contributed by atoms with E-state index in [0.717, 1.165) is 18.4 Å². The van der Waals surface area contributed by atoms with Gasteiger partial charge in [-0.15, -0.1) is 0 Å². The molecule has 2 saturated carbocycles. The van der Waals surface area contributed by atoms with Crippen LogP contribution in [-0.4, -0.2) is 18.2 Å². The van der Waals surface area contributed by atoms with Crippen molar-refractivity contribution in [3.05, 3.63) is 29.8 Å². The van der Waals surface area contributed by atoms with Crippen LogP contribution in [-0.2, 0) is 10.2 Å². The minimum atomic E-state index is -0.725. The summed E-state index contributed by atoms with van der Waals surface area (Å²) in [5.74, 6) is 0.00673. The second kappa shape index (κ2) is 4.26. The fraction of sp³-hybridized carbons (Fsp3) is 0.562. The minimum absolute atomic E-state index is 0.291. The number of hydrogen-bond acceptors (Lipinski definition) is 2. The van der Waals surface area contributed by atoms with Gasteiger partial charge in [0.25, 0.3) is 0 Å². The van der Waals surface area contributed by atoms with Crippen LogP contribution < -0.4 is 4.74 Å². The van der Waals surface area contributed by atoms with Crippen molar-refractivity contribution >= 4 is 5.97 Å². The summed E-state index contributed by atoms with van der Waals surface area (Å²) in [5.41, 5.74) is 0.415. The van der Waals surface area contributed by atoms with Gasteiger partial charge in [0.15, 0.2) is 0 Å². The number of hydrogen-bond donors (Lipinski definition) is 1. The largest absolute Gasteiger partial charge is 0.496 e. The van der Waals surface area contributed by atoms with Crippen LogP contribution in [0.25, 0.3) is 0 Å². The Morgan fingerprint density at radius 3 is 2.42 bits per heavy atom. The van der Waals surface area contributed by atoms with Crippen LogP contribution >= 0.6 is 0 Å². The van der Waals surface area contributed by atoms with Crippen molar-refractivity contribution in [2.75, 3.05) is 7.11 Å². The monoisotopic (exact) mass is 260 g/mol. The maximum Gasteiger partial charge on any atom is 0.314 e. The molecule has 0 aliphatic heterocycles. The lowest BCUT2D eigenvalue weighted by atomic mass is 9.49. The molecule has 1 aromatic rings. The number of carboxylic acids is 1. The van der Waals surface area contributed by atoms with E-state index < -0.39 is 11.4 Å². The zero-order valence-electron chi connectivity index (χ0n) is 11.3. The summed E-state index contributed by atoms with van der Waals surface area (Å²) >= 11 is 0. The molecular formula is C16H20O3. The van der Waals surface area contributed by atoms with Crippen LogP contribution in [0.3, 0.4) is 0 Å². The van der Waals surface area contributed by atoms with Gasteiger partial charge in [-0.25, -0.2) is 0 Å². The van der Waals surface area contributed by atoms with Gasteiger partial charge >= 0.3 is 5.97 Å². The van der Waals surface area contributed by atoms with E-state index in [9.17, 15) is 9.90 Å². The first-order valence-electron chi connectivity index (χ1n) is 6.99. The quantitative estimate of drug-likeness (QED) is 0.906. The van der Waals surface area contributed by atoms with E-state index in [2.05, 4.69) is 0 Å². The first-order chi connectivity index (χ1) is 9.12. The highest BCUT2D eigenvalue weighted by Crippen LogP contribution is 2.64. The molecule has 2 aliphatic rings. The highest BCUT2D eigenvalue weighted by atomic mass is 16.5. The maximum atomic E-state index is 11.9. The Labute approximate surface area is 113 Å². The molecule has 19 heavy (non-hydrogen) atoms. The van der Waals surface area contributed by atoms with Gasteiger partial charge in [-0.2, -0.15) is 0 Å². The van der Waals surface area contributed by atoms with Crippen molar-refractivity contribution in [1.82, 2.24) is 0 Å². The topological polar surface area (TPSA) is 46.5 Å². The average Bonchev–Trinajstić information content (AvgIpc) is 2.85. The molecule has 3 heteroatoms. The molecular weight excluding hydrogens is 240 g/mol. The second-order valence-corrected chi connectivity index (χ2v) is 6.15. The van der Waals surface area contributed by atoms with Gasteiger partial charge in [0.05, 0.1) is 12.5 Å². The minimum Gasteiger partial charge on any atom is -0.496 e. The van der Waals surface area contributed by atoms with Crippen molar-refractivity contribution in [1.29, 1.82) is 0 Å². The molecule has 2 aliphatic carbocycles. The summed E-state index contributed by atoms with van der Waals surface area (Å²) in [7, 11) is 1.61. The van der Waals surface area contributed by atoms with Gasteiger partial charge in [0.1, 0.15) is 5.75 Å². The molecule has 0 heterocycles. The molecule has 1 N–H and O–H groups in total. The Hall–Kier alpha value is -1.51. The smallest absolute Gasteiger partial charge is 0.314 e. The molecule has 0 amide bonds. The Morgan fingerprint density at radius 1 is 1.21 bits per heavy atom. The molecule has 0 saturated heterocycles. The normalized spacial score (nSPS) is 23.0. The average molecular weight is 260 g/mol. The van der Waals surface area contributed by atoms with Crippen LogP contribution in [0.1, 0.15) is 44.1 Å². The lowest BCUT2D eigenvalue weighted by Gasteiger charge is -2.53. The molecule has 102 valence electrons. The molecule has 1 aromatic carbocycles. The lowest BCUT2D eigenvalue weighted by Crippen LogP contribution is -2.53. The number of aliphatic carboxylic acids is 1. The first-order valence-corrected chi connectivity index (χ1v) is 6.99. The van der Waals surface area contributed by atoms with E-state index in [-0.39, 0.29) is 0 Å². The number of para-hydroxylation sites is 1. The van der Waals surface area contributed by atoms with Gasteiger partial charge in [0.2, 0.25) is 0 Å². The standard InChI is InChI=1S/C16H20O3/c1-19-13-7-3-2-6-12(13)16(14(17)18)10-15(11-16)8-4-5-9-15/h2-3,6-7H,4-5,8-11H2,1H3,(H,17,18). The molecule has 1 spiro atoms. The fourth-order valence-electron chi connectivity index (χ4n) is 4.20. The molecule has 0 bridgehead atoms. The molecule has 3 rings (SSSR count). The third kappa shape index (κ3) is 1.75. The van der Waals surface area contributed by atoms with Crippen LogP contribution in [0.2, 0.25) is 0 Å². The number of benzene rings is 1. The van der Waals surface area contributed by atoms with Gasteiger partial charge in [-0.05, 0) is 37.2 Å². The molecule has 2 fully saturated rings. The SMILES string of the molecule is COc1ccccc1C1(C(=O)O)CC2(CCCC2)C1. The highest BCUT2D eigenvalue weighted by Gasteiger charge is 2.61. The predicted molar refractivity (Wildman–Crippen MR) is 72.4 cm³/mol. The summed E-state index contributed by atoms with van der Waals surface area (Å²) in [6.45, 7) is 0. The van der Waals surface area contributed by atoms with Crippen LogP contribution in [0.5, 0.6) is 5.75 Å². The molecule has 0 unspecified atom stereocenters. The summed E-state index contributed by atoms with van der Waals surface area (Å²) < 4.78 is 5.37. The van der Waals surface area contributed by atoms with Gasteiger partial charge in [-0.1, -0.05) is 31.0 Å². The summed E-state index contributed by atoms with van der Waals surface area (Å²) in [4.78, 5) is 11.9. The Balaban J connectivity index is 1.97. The van der Waals surface area contributed by atoms with Crippen molar-refractivity contribution in [2.45, 2.75) is 43.9 Å². The summed E-state index contributed by atoms with van der Waals surface area (Å²) in [6.07, 6.45) is 6.43. The lowest BCUT2D eigenvalue weighted by molar-refractivity contribution is -0.154. The molecule has 0 radical (unpaired) electrons. The third-order valence-corrected chi connectivity index (χ3v) is 5.05. The van der Waals surface area contributed by atoms with Crippen LogP contribution in [0.4, 0.5) is 0 Å². The van der Waals surface area contributed by atoms with E-state index in [1.807, 2.05) is 24.3 Å². The van der Waals surface area contributed by atoms with Gasteiger partial charge in [0, 0.05) is 5.56 Å². The number of carbonyl (C=O) groups is 1. The van der Waals surface area contributed by atoms with E-state index in [4.69, 9.17) is 4.74 Å². The van der Waals surface area contributed by atoms with E-state index in [1.165, 1.54) is 25.7 Å². The Kier molecular flexibility index (Phi) is 2.80. The first kappa shape index (κ1) is 12.5. The van der Waals surface area contributed by atoms with E-state index in [1.54, 1.807) is 7.11 Å². The fourth-order valence-corrected chi connectivity index (χ4v) is 4.20. The van der Waals surface area contributed by atoms with Gasteiger partial charge in [-0.3, -0.25) is 4.79 Å². The van der Waals surface area contributed by atoms with Crippen molar-refractivity contribution in [3.8, 4) is 5.75 Å². The van der Waals surface area contributed by atoms with Crippen LogP contribution in [0, 0.1) is 5.41 Å².